The Labute approximate surface area is 135 Å². The molecule has 0 spiro atoms. The number of alkyl halides is 3. The number of hydrogen-bond donors (Lipinski definition) is 1. The molecule has 8 heteroatoms. The Hall–Kier alpha value is -1.96. The van der Waals surface area contributed by atoms with E-state index in [1.54, 1.807) is 19.2 Å². The van der Waals surface area contributed by atoms with Crippen LogP contribution < -0.4 is 5.32 Å². The maximum atomic E-state index is 13.1. The molecule has 0 aliphatic rings. The van der Waals surface area contributed by atoms with Crippen LogP contribution in [-0.2, 0) is 11.2 Å². The minimum Gasteiger partial charge on any atom is -0.339 e. The van der Waals surface area contributed by atoms with Gasteiger partial charge in [0.1, 0.15) is 5.01 Å². The zero-order valence-electron chi connectivity index (χ0n) is 12.4. The second-order valence-electron chi connectivity index (χ2n) is 5.04. The molecular formula is C15H16F3N3OS. The molecular weight excluding hydrogens is 327 g/mol. The highest BCUT2D eigenvalue weighted by Crippen LogP contribution is 2.34. The van der Waals surface area contributed by atoms with E-state index in [4.69, 9.17) is 0 Å². The lowest BCUT2D eigenvalue weighted by Crippen LogP contribution is -2.38. The van der Waals surface area contributed by atoms with Crippen molar-refractivity contribution in [3.8, 4) is 0 Å². The number of pyridine rings is 1. The van der Waals surface area contributed by atoms with E-state index in [0.717, 1.165) is 17.0 Å². The standard InChI is InChI=1S/C15H16F3N3OS/c1-10-9-23-14(20-10)13(15(16,17)18)21-12(22)7-4-6-11-5-2-3-8-19-11/h2-3,5,8-9,13H,4,6-7H2,1H3,(H,21,22). The van der Waals surface area contributed by atoms with Gasteiger partial charge in [0, 0.05) is 29.4 Å². The van der Waals surface area contributed by atoms with Crippen LogP contribution in [0.25, 0.3) is 0 Å². The van der Waals surface area contributed by atoms with E-state index in [1.165, 1.54) is 5.38 Å². The molecule has 0 radical (unpaired) electrons. The number of carbonyl (C=O) groups excluding carboxylic acids is 1. The molecule has 0 aliphatic carbocycles. The highest BCUT2D eigenvalue weighted by Gasteiger charge is 2.43. The SMILES string of the molecule is Cc1csc(C(NC(=O)CCCc2ccccn2)C(F)(F)F)n1. The molecule has 1 amide bonds. The molecule has 0 fully saturated rings. The molecule has 23 heavy (non-hydrogen) atoms. The summed E-state index contributed by atoms with van der Waals surface area (Å²) >= 11 is 0.891. The van der Waals surface area contributed by atoms with E-state index < -0.39 is 18.1 Å². The van der Waals surface area contributed by atoms with Gasteiger partial charge in [-0.3, -0.25) is 9.78 Å². The molecule has 0 saturated carbocycles. The zero-order chi connectivity index (χ0) is 16.9. The molecule has 2 aromatic rings. The predicted octanol–water partition coefficient (Wildman–Crippen LogP) is 3.59. The Bertz CT molecular complexity index is 643. The summed E-state index contributed by atoms with van der Waals surface area (Å²) in [6.45, 7) is 1.61. The number of halogens is 3. The maximum absolute atomic E-state index is 13.1. The van der Waals surface area contributed by atoms with Gasteiger partial charge < -0.3 is 5.32 Å². The smallest absolute Gasteiger partial charge is 0.339 e. The number of nitrogens with zero attached hydrogens (tertiary/aromatic N) is 2. The largest absolute Gasteiger partial charge is 0.415 e. The summed E-state index contributed by atoms with van der Waals surface area (Å²) < 4.78 is 39.3. The molecule has 0 saturated heterocycles. The third-order valence-electron chi connectivity index (χ3n) is 3.08. The number of carbonyl (C=O) groups is 1. The first-order valence-electron chi connectivity index (χ1n) is 7.04. The van der Waals surface area contributed by atoms with Crippen molar-refractivity contribution in [2.75, 3.05) is 0 Å². The number of thiazole rings is 1. The van der Waals surface area contributed by atoms with Crippen molar-refractivity contribution in [1.29, 1.82) is 0 Å². The Balaban J connectivity index is 1.90. The summed E-state index contributed by atoms with van der Waals surface area (Å²) in [5.74, 6) is -0.642. The first-order chi connectivity index (χ1) is 10.9. The number of aromatic nitrogens is 2. The van der Waals surface area contributed by atoms with Crippen molar-refractivity contribution >= 4 is 17.2 Å². The van der Waals surface area contributed by atoms with Gasteiger partial charge in [-0.25, -0.2) is 4.98 Å². The average Bonchev–Trinajstić information content (AvgIpc) is 2.91. The molecule has 2 rings (SSSR count). The molecule has 2 heterocycles. The zero-order valence-corrected chi connectivity index (χ0v) is 13.2. The molecule has 0 bridgehead atoms. The molecule has 1 N–H and O–H groups in total. The minimum absolute atomic E-state index is 0.00745. The molecule has 4 nitrogen and oxygen atoms in total. The second kappa shape index (κ2) is 7.54. The van der Waals surface area contributed by atoms with E-state index in [0.29, 0.717) is 18.5 Å². The summed E-state index contributed by atoms with van der Waals surface area (Å²) in [7, 11) is 0. The van der Waals surface area contributed by atoms with Crippen molar-refractivity contribution in [1.82, 2.24) is 15.3 Å². The highest BCUT2D eigenvalue weighted by atomic mass is 32.1. The molecule has 2 aromatic heterocycles. The van der Waals surface area contributed by atoms with Gasteiger partial charge in [-0.1, -0.05) is 6.07 Å². The highest BCUT2D eigenvalue weighted by molar-refractivity contribution is 7.09. The van der Waals surface area contributed by atoms with Crippen LogP contribution >= 0.6 is 11.3 Å². The van der Waals surface area contributed by atoms with E-state index in [1.807, 2.05) is 17.4 Å². The molecule has 124 valence electrons. The van der Waals surface area contributed by atoms with Gasteiger partial charge >= 0.3 is 6.18 Å². The average molecular weight is 343 g/mol. The van der Waals surface area contributed by atoms with E-state index in [-0.39, 0.29) is 11.4 Å². The van der Waals surface area contributed by atoms with Crippen molar-refractivity contribution in [3.63, 3.8) is 0 Å². The fourth-order valence-corrected chi connectivity index (χ4v) is 2.87. The first kappa shape index (κ1) is 17.4. The van der Waals surface area contributed by atoms with Crippen molar-refractivity contribution < 1.29 is 18.0 Å². The summed E-state index contributed by atoms with van der Waals surface area (Å²) in [5.41, 5.74) is 1.31. The number of hydrogen-bond acceptors (Lipinski definition) is 4. The van der Waals surface area contributed by atoms with Crippen LogP contribution in [0.5, 0.6) is 0 Å². The fourth-order valence-electron chi connectivity index (χ4n) is 2.00. The summed E-state index contributed by atoms with van der Waals surface area (Å²) in [6.07, 6.45) is -1.94. The van der Waals surface area contributed by atoms with Gasteiger partial charge in [-0.2, -0.15) is 13.2 Å². The van der Waals surface area contributed by atoms with E-state index >= 15 is 0 Å². The van der Waals surface area contributed by atoms with Gasteiger partial charge in [0.2, 0.25) is 5.91 Å². The second-order valence-corrected chi connectivity index (χ2v) is 5.93. The lowest BCUT2D eigenvalue weighted by atomic mass is 10.1. The lowest BCUT2D eigenvalue weighted by molar-refractivity contribution is -0.163. The van der Waals surface area contributed by atoms with Gasteiger partial charge in [0.05, 0.1) is 0 Å². The number of aryl methyl sites for hydroxylation is 2. The van der Waals surface area contributed by atoms with Crippen LogP contribution in [0.1, 0.15) is 35.3 Å². The monoisotopic (exact) mass is 343 g/mol. The van der Waals surface area contributed by atoms with Gasteiger partial charge in [0.25, 0.3) is 0 Å². The summed E-state index contributed by atoms with van der Waals surface area (Å²) in [4.78, 5) is 19.8. The van der Waals surface area contributed by atoms with Crippen molar-refractivity contribution in [2.45, 2.75) is 38.4 Å². The maximum Gasteiger partial charge on any atom is 0.415 e. The van der Waals surface area contributed by atoms with Gasteiger partial charge in [0.15, 0.2) is 6.04 Å². The molecule has 0 aromatic carbocycles. The van der Waals surface area contributed by atoms with Crippen LogP contribution in [-0.4, -0.2) is 22.1 Å². The Morgan fingerprint density at radius 1 is 1.39 bits per heavy atom. The van der Waals surface area contributed by atoms with Crippen LogP contribution in [0.2, 0.25) is 0 Å². The predicted molar refractivity (Wildman–Crippen MR) is 81.0 cm³/mol. The Morgan fingerprint density at radius 3 is 2.74 bits per heavy atom. The lowest BCUT2D eigenvalue weighted by Gasteiger charge is -2.19. The van der Waals surface area contributed by atoms with Crippen molar-refractivity contribution in [3.05, 3.63) is 46.2 Å². The summed E-state index contributed by atoms with van der Waals surface area (Å²) in [6, 6.07) is 3.37. The molecule has 0 aliphatic heterocycles. The number of amides is 1. The van der Waals surface area contributed by atoms with Crippen LogP contribution in [0.15, 0.2) is 29.8 Å². The van der Waals surface area contributed by atoms with Crippen molar-refractivity contribution in [2.24, 2.45) is 0 Å². The number of rotatable bonds is 6. The van der Waals surface area contributed by atoms with Crippen LogP contribution in [0.3, 0.4) is 0 Å². The summed E-state index contributed by atoms with van der Waals surface area (Å²) in [5, 5.41) is 3.42. The van der Waals surface area contributed by atoms with E-state index in [9.17, 15) is 18.0 Å². The molecule has 1 unspecified atom stereocenters. The molecule has 1 atom stereocenters. The number of nitrogens with one attached hydrogen (secondary N) is 1. The Kier molecular flexibility index (Phi) is 5.70. The van der Waals surface area contributed by atoms with E-state index in [2.05, 4.69) is 9.97 Å². The van der Waals surface area contributed by atoms with Gasteiger partial charge in [-0.15, -0.1) is 11.3 Å². The third kappa shape index (κ3) is 5.31. The first-order valence-corrected chi connectivity index (χ1v) is 7.92. The van der Waals surface area contributed by atoms with Crippen LogP contribution in [0.4, 0.5) is 13.2 Å². The van der Waals surface area contributed by atoms with Crippen LogP contribution in [0, 0.1) is 6.92 Å². The Morgan fingerprint density at radius 2 is 2.17 bits per heavy atom. The normalized spacial score (nSPS) is 12.9. The fraction of sp³-hybridized carbons (Fsp3) is 0.400. The topological polar surface area (TPSA) is 54.9 Å². The van der Waals surface area contributed by atoms with Gasteiger partial charge in [-0.05, 0) is 31.9 Å². The third-order valence-corrected chi connectivity index (χ3v) is 4.11. The minimum atomic E-state index is -4.57. The quantitative estimate of drug-likeness (QED) is 0.872.